The van der Waals surface area contributed by atoms with E-state index < -0.39 is 0 Å². The third kappa shape index (κ3) is 2.16. The van der Waals surface area contributed by atoms with Crippen molar-refractivity contribution in [3.63, 3.8) is 0 Å². The van der Waals surface area contributed by atoms with Crippen molar-refractivity contribution in [2.24, 2.45) is 17.8 Å². The van der Waals surface area contributed by atoms with E-state index in [0.29, 0.717) is 11.8 Å². The highest BCUT2D eigenvalue weighted by atomic mass is 16.2. The Kier molecular flexibility index (Phi) is 2.67. The maximum Gasteiger partial charge on any atom is 0.323 e. The fourth-order valence-electron chi connectivity index (χ4n) is 2.47. The fourth-order valence-corrected chi connectivity index (χ4v) is 2.47. The first kappa shape index (κ1) is 11.1. The van der Waals surface area contributed by atoms with Gasteiger partial charge in [-0.2, -0.15) is 0 Å². The minimum Gasteiger partial charge on any atom is -0.308 e. The largest absolute Gasteiger partial charge is 0.323 e. The van der Waals surface area contributed by atoms with Gasteiger partial charge in [0.05, 0.1) is 0 Å². The molecule has 1 fully saturated rings. The van der Waals surface area contributed by atoms with Crippen molar-refractivity contribution in [3.8, 4) is 0 Å². The number of carbonyl (C=O) groups excluding carboxylic acids is 1. The van der Waals surface area contributed by atoms with Gasteiger partial charge in [-0.15, -0.1) is 0 Å². The van der Waals surface area contributed by atoms with E-state index in [-0.39, 0.29) is 6.03 Å². The Morgan fingerprint density at radius 2 is 1.89 bits per heavy atom. The van der Waals surface area contributed by atoms with Crippen molar-refractivity contribution in [3.05, 3.63) is 54.3 Å². The molecule has 2 aliphatic carbocycles. The Morgan fingerprint density at radius 3 is 2.61 bits per heavy atom. The van der Waals surface area contributed by atoms with Gasteiger partial charge in [-0.3, -0.25) is 0 Å². The van der Waals surface area contributed by atoms with E-state index in [2.05, 4.69) is 29.7 Å². The molecule has 2 amide bonds. The summed E-state index contributed by atoms with van der Waals surface area (Å²) in [5.41, 5.74) is 1.70. The molecule has 1 aromatic rings. The predicted octanol–water partition coefficient (Wildman–Crippen LogP) is 3.14. The molecule has 3 heteroatoms. The molecule has 2 N–H and O–H groups in total. The van der Waals surface area contributed by atoms with Gasteiger partial charge in [0.2, 0.25) is 0 Å². The van der Waals surface area contributed by atoms with Crippen LogP contribution in [0.15, 0.2) is 54.3 Å². The van der Waals surface area contributed by atoms with E-state index in [9.17, 15) is 4.79 Å². The minimum absolute atomic E-state index is 0.191. The van der Waals surface area contributed by atoms with E-state index in [1.165, 1.54) is 0 Å². The molecule has 92 valence electrons. The van der Waals surface area contributed by atoms with E-state index in [0.717, 1.165) is 17.3 Å². The van der Waals surface area contributed by atoms with Gasteiger partial charge in [-0.25, -0.2) is 4.79 Å². The Hall–Kier alpha value is -2.03. The number of anilines is 1. The fraction of sp³-hybridized carbons (Fsp3) is 0.267. The second-order valence-corrected chi connectivity index (χ2v) is 4.94. The molecule has 0 saturated heterocycles. The molecule has 0 radical (unpaired) electrons. The van der Waals surface area contributed by atoms with E-state index in [1.54, 1.807) is 0 Å². The molecular weight excluding hydrogens is 224 g/mol. The summed E-state index contributed by atoms with van der Waals surface area (Å²) in [7, 11) is 0. The number of hydrogen-bond acceptors (Lipinski definition) is 1. The number of carbonyl (C=O) groups is 1. The number of hydrogen-bond donors (Lipinski definition) is 2. The summed E-state index contributed by atoms with van der Waals surface area (Å²) < 4.78 is 0. The SMILES string of the molecule is CC1C2C=CC(NC(=O)Nc3ccccc3)=CC12. The van der Waals surface area contributed by atoms with E-state index >= 15 is 0 Å². The average Bonchev–Trinajstić information content (AvgIpc) is 3.01. The van der Waals surface area contributed by atoms with Crippen LogP contribution in [0.4, 0.5) is 10.5 Å². The molecule has 2 aliphatic rings. The quantitative estimate of drug-likeness (QED) is 0.819. The van der Waals surface area contributed by atoms with Crippen LogP contribution >= 0.6 is 0 Å². The Balaban J connectivity index is 1.59. The highest BCUT2D eigenvalue weighted by Gasteiger charge is 2.44. The third-order valence-electron chi connectivity index (χ3n) is 3.68. The Labute approximate surface area is 107 Å². The standard InChI is InChI=1S/C15H16N2O/c1-10-13-8-7-12(9-14(10)13)17-15(18)16-11-5-3-2-4-6-11/h2-10,13-14H,1H3,(H2,16,17,18). The van der Waals surface area contributed by atoms with Gasteiger partial charge in [0.25, 0.3) is 0 Å². The lowest BCUT2D eigenvalue weighted by atomic mass is 10.1. The van der Waals surface area contributed by atoms with Crippen LogP contribution in [0.1, 0.15) is 6.92 Å². The number of allylic oxidation sites excluding steroid dienone is 3. The van der Waals surface area contributed by atoms with Crippen LogP contribution < -0.4 is 10.6 Å². The first-order chi connectivity index (χ1) is 8.74. The second-order valence-electron chi connectivity index (χ2n) is 4.94. The van der Waals surface area contributed by atoms with E-state index in [4.69, 9.17) is 0 Å². The van der Waals surface area contributed by atoms with E-state index in [1.807, 2.05) is 36.4 Å². The number of amides is 2. The van der Waals surface area contributed by atoms with Crippen LogP contribution in [0.25, 0.3) is 0 Å². The molecule has 1 aromatic carbocycles. The summed E-state index contributed by atoms with van der Waals surface area (Å²) in [5.74, 6) is 2.02. The zero-order valence-electron chi connectivity index (χ0n) is 10.3. The lowest BCUT2D eigenvalue weighted by Crippen LogP contribution is -2.27. The van der Waals surface area contributed by atoms with Crippen molar-refractivity contribution in [1.29, 1.82) is 0 Å². The van der Waals surface area contributed by atoms with Crippen LogP contribution in [0.3, 0.4) is 0 Å². The monoisotopic (exact) mass is 240 g/mol. The molecule has 18 heavy (non-hydrogen) atoms. The summed E-state index contributed by atoms with van der Waals surface area (Å²) >= 11 is 0. The van der Waals surface area contributed by atoms with Crippen molar-refractivity contribution in [1.82, 2.24) is 5.32 Å². The number of nitrogens with one attached hydrogen (secondary N) is 2. The van der Waals surface area contributed by atoms with Crippen LogP contribution in [-0.2, 0) is 0 Å². The van der Waals surface area contributed by atoms with Gasteiger partial charge < -0.3 is 10.6 Å². The maximum absolute atomic E-state index is 11.8. The van der Waals surface area contributed by atoms with Crippen molar-refractivity contribution in [2.75, 3.05) is 5.32 Å². The Morgan fingerprint density at radius 1 is 1.11 bits per heavy atom. The molecular formula is C15H16N2O. The topological polar surface area (TPSA) is 41.1 Å². The molecule has 1 saturated carbocycles. The van der Waals surface area contributed by atoms with Gasteiger partial charge in [0, 0.05) is 11.4 Å². The number of benzene rings is 1. The first-order valence-electron chi connectivity index (χ1n) is 6.27. The zero-order valence-corrected chi connectivity index (χ0v) is 10.3. The lowest BCUT2D eigenvalue weighted by molar-refractivity contribution is 0.254. The summed E-state index contributed by atoms with van der Waals surface area (Å²) in [6.07, 6.45) is 6.34. The van der Waals surface area contributed by atoms with Crippen LogP contribution in [0.5, 0.6) is 0 Å². The van der Waals surface area contributed by atoms with Crippen LogP contribution in [0.2, 0.25) is 0 Å². The van der Waals surface area contributed by atoms with Gasteiger partial charge in [0.15, 0.2) is 0 Å². The van der Waals surface area contributed by atoms with Gasteiger partial charge >= 0.3 is 6.03 Å². The van der Waals surface area contributed by atoms with Crippen molar-refractivity contribution in [2.45, 2.75) is 6.92 Å². The zero-order chi connectivity index (χ0) is 12.5. The predicted molar refractivity (Wildman–Crippen MR) is 72.0 cm³/mol. The molecule has 0 spiro atoms. The van der Waals surface area contributed by atoms with Gasteiger partial charge in [0.1, 0.15) is 0 Å². The second kappa shape index (κ2) is 4.33. The first-order valence-corrected chi connectivity index (χ1v) is 6.27. The molecule has 0 aliphatic heterocycles. The van der Waals surface area contributed by atoms with Gasteiger partial charge in [-0.05, 0) is 36.0 Å². The highest BCUT2D eigenvalue weighted by Crippen LogP contribution is 2.50. The molecule has 0 bridgehead atoms. The maximum atomic E-state index is 11.8. The number of urea groups is 1. The minimum atomic E-state index is -0.191. The third-order valence-corrected chi connectivity index (χ3v) is 3.68. The normalized spacial score (nSPS) is 28.1. The molecule has 3 unspecified atom stereocenters. The molecule has 3 atom stereocenters. The number of fused-ring (bicyclic) bond motifs is 1. The number of para-hydroxylation sites is 1. The summed E-state index contributed by atoms with van der Waals surface area (Å²) in [4.78, 5) is 11.8. The molecule has 0 aromatic heterocycles. The van der Waals surface area contributed by atoms with Gasteiger partial charge in [-0.1, -0.05) is 37.3 Å². The summed E-state index contributed by atoms with van der Waals surface area (Å²) in [6, 6.07) is 9.25. The molecule has 3 rings (SSSR count). The van der Waals surface area contributed by atoms with Crippen LogP contribution in [-0.4, -0.2) is 6.03 Å². The van der Waals surface area contributed by atoms with Crippen LogP contribution in [0, 0.1) is 17.8 Å². The average molecular weight is 240 g/mol. The number of rotatable bonds is 2. The highest BCUT2D eigenvalue weighted by molar-refractivity contribution is 5.90. The smallest absolute Gasteiger partial charge is 0.308 e. The van der Waals surface area contributed by atoms with Crippen molar-refractivity contribution < 1.29 is 4.79 Å². The Bertz CT molecular complexity index is 519. The summed E-state index contributed by atoms with van der Waals surface area (Å²) in [5, 5.41) is 5.67. The summed E-state index contributed by atoms with van der Waals surface area (Å²) in [6.45, 7) is 2.24. The van der Waals surface area contributed by atoms with Crippen molar-refractivity contribution >= 4 is 11.7 Å². The molecule has 3 nitrogen and oxygen atoms in total. The lowest BCUT2D eigenvalue weighted by Gasteiger charge is -2.10. The molecule has 0 heterocycles.